The van der Waals surface area contributed by atoms with Gasteiger partial charge in [0.05, 0.1) is 18.6 Å². The van der Waals surface area contributed by atoms with Crippen LogP contribution < -0.4 is 5.32 Å². The van der Waals surface area contributed by atoms with E-state index in [0.717, 1.165) is 18.2 Å². The van der Waals surface area contributed by atoms with Crippen LogP contribution in [0.15, 0.2) is 24.3 Å². The Bertz CT molecular complexity index is 600. The van der Waals surface area contributed by atoms with Crippen LogP contribution in [0.5, 0.6) is 0 Å². The summed E-state index contributed by atoms with van der Waals surface area (Å²) in [5.74, 6) is -3.38. The predicted octanol–water partition coefficient (Wildman–Crippen LogP) is 1.84. The number of carboxylic acids is 1. The Morgan fingerprint density at radius 2 is 1.96 bits per heavy atom. The van der Waals surface area contributed by atoms with Gasteiger partial charge in [0.2, 0.25) is 0 Å². The van der Waals surface area contributed by atoms with E-state index in [2.05, 4.69) is 4.74 Å². The van der Waals surface area contributed by atoms with Crippen LogP contribution in [0.1, 0.15) is 29.3 Å². The molecular formula is C14H14F3NO5. The van der Waals surface area contributed by atoms with Gasteiger partial charge in [-0.15, -0.1) is 0 Å². The Labute approximate surface area is 129 Å². The highest BCUT2D eigenvalue weighted by Gasteiger charge is 2.31. The molecule has 0 aliphatic heterocycles. The number of rotatable bonds is 6. The van der Waals surface area contributed by atoms with Gasteiger partial charge in [0, 0.05) is 5.56 Å². The molecule has 0 aliphatic carbocycles. The van der Waals surface area contributed by atoms with Crippen molar-refractivity contribution in [2.45, 2.75) is 25.6 Å². The van der Waals surface area contributed by atoms with E-state index < -0.39 is 42.0 Å². The maximum absolute atomic E-state index is 12.6. The maximum Gasteiger partial charge on any atom is 0.416 e. The first-order chi connectivity index (χ1) is 10.6. The first-order valence-corrected chi connectivity index (χ1v) is 6.51. The zero-order valence-corrected chi connectivity index (χ0v) is 12.0. The molecule has 0 unspecified atom stereocenters. The van der Waals surface area contributed by atoms with E-state index in [1.807, 2.05) is 5.32 Å². The number of esters is 1. The van der Waals surface area contributed by atoms with Gasteiger partial charge in [0.15, 0.2) is 0 Å². The molecule has 0 bridgehead atoms. The fourth-order valence-electron chi connectivity index (χ4n) is 1.66. The average molecular weight is 333 g/mol. The number of hydrogen-bond acceptors (Lipinski definition) is 4. The van der Waals surface area contributed by atoms with Crippen molar-refractivity contribution in [3.8, 4) is 0 Å². The number of alkyl halides is 3. The number of aliphatic carboxylic acids is 1. The Hall–Kier alpha value is -2.58. The van der Waals surface area contributed by atoms with Crippen LogP contribution in [0.2, 0.25) is 0 Å². The van der Waals surface area contributed by atoms with Crippen molar-refractivity contribution in [3.63, 3.8) is 0 Å². The number of benzene rings is 1. The topological polar surface area (TPSA) is 92.7 Å². The van der Waals surface area contributed by atoms with Gasteiger partial charge in [-0.25, -0.2) is 4.79 Å². The summed E-state index contributed by atoms with van der Waals surface area (Å²) in [5.41, 5.74) is -1.41. The van der Waals surface area contributed by atoms with Gasteiger partial charge < -0.3 is 15.2 Å². The number of amides is 1. The summed E-state index contributed by atoms with van der Waals surface area (Å²) in [7, 11) is 0. The van der Waals surface area contributed by atoms with E-state index in [-0.39, 0.29) is 12.2 Å². The molecule has 0 radical (unpaired) electrons. The molecule has 0 heterocycles. The number of carboxylic acid groups (broad SMARTS) is 1. The molecule has 126 valence electrons. The highest BCUT2D eigenvalue weighted by Crippen LogP contribution is 2.29. The number of ether oxygens (including phenoxy) is 1. The van der Waals surface area contributed by atoms with Gasteiger partial charge >= 0.3 is 18.1 Å². The predicted molar refractivity (Wildman–Crippen MR) is 71.6 cm³/mol. The quantitative estimate of drug-likeness (QED) is 0.775. The molecule has 2 N–H and O–H groups in total. The number of nitrogens with one attached hydrogen (secondary N) is 1. The van der Waals surface area contributed by atoms with E-state index in [4.69, 9.17) is 5.11 Å². The first-order valence-electron chi connectivity index (χ1n) is 6.51. The molecule has 1 rings (SSSR count). The van der Waals surface area contributed by atoms with Crippen molar-refractivity contribution in [2.24, 2.45) is 0 Å². The zero-order valence-electron chi connectivity index (χ0n) is 12.0. The second-order valence-corrected chi connectivity index (χ2v) is 4.45. The lowest BCUT2D eigenvalue weighted by molar-refractivity contribution is -0.149. The second kappa shape index (κ2) is 7.61. The van der Waals surface area contributed by atoms with Crippen molar-refractivity contribution in [3.05, 3.63) is 35.4 Å². The Balaban J connectivity index is 2.87. The summed E-state index contributed by atoms with van der Waals surface area (Å²) < 4.78 is 42.3. The summed E-state index contributed by atoms with van der Waals surface area (Å²) in [4.78, 5) is 34.2. The molecule has 9 heteroatoms. The van der Waals surface area contributed by atoms with Gasteiger partial charge in [-0.3, -0.25) is 9.59 Å². The molecule has 1 amide bonds. The van der Waals surface area contributed by atoms with E-state index in [1.54, 1.807) is 0 Å². The monoisotopic (exact) mass is 333 g/mol. The molecule has 0 spiro atoms. The van der Waals surface area contributed by atoms with Crippen molar-refractivity contribution in [1.29, 1.82) is 0 Å². The fourth-order valence-corrected chi connectivity index (χ4v) is 1.66. The van der Waals surface area contributed by atoms with Crippen LogP contribution in [0, 0.1) is 0 Å². The van der Waals surface area contributed by atoms with Crippen molar-refractivity contribution < 1.29 is 37.4 Å². The summed E-state index contributed by atoms with van der Waals surface area (Å²) in [5, 5.41) is 11.0. The van der Waals surface area contributed by atoms with Gasteiger partial charge in [-0.05, 0) is 25.1 Å². The lowest BCUT2D eigenvalue weighted by Gasteiger charge is -2.14. The highest BCUT2D eigenvalue weighted by molar-refractivity contribution is 5.97. The van der Waals surface area contributed by atoms with Crippen LogP contribution >= 0.6 is 0 Å². The molecule has 0 saturated carbocycles. The molecule has 0 saturated heterocycles. The van der Waals surface area contributed by atoms with Gasteiger partial charge in [-0.1, -0.05) is 6.07 Å². The van der Waals surface area contributed by atoms with Gasteiger partial charge in [0.25, 0.3) is 5.91 Å². The lowest BCUT2D eigenvalue weighted by atomic mass is 10.1. The maximum atomic E-state index is 12.6. The summed E-state index contributed by atoms with van der Waals surface area (Å²) >= 11 is 0. The molecule has 6 nitrogen and oxygen atoms in total. The molecule has 0 fully saturated rings. The van der Waals surface area contributed by atoms with E-state index >= 15 is 0 Å². The fraction of sp³-hybridized carbons (Fsp3) is 0.357. The molecule has 0 aliphatic rings. The molecule has 0 aromatic heterocycles. The van der Waals surface area contributed by atoms with E-state index in [9.17, 15) is 27.6 Å². The van der Waals surface area contributed by atoms with Crippen LogP contribution in [0.4, 0.5) is 13.2 Å². The third-order valence-electron chi connectivity index (χ3n) is 2.73. The molecule has 1 aromatic carbocycles. The minimum Gasteiger partial charge on any atom is -0.480 e. The first kappa shape index (κ1) is 18.5. The van der Waals surface area contributed by atoms with Crippen molar-refractivity contribution in [1.82, 2.24) is 5.32 Å². The normalized spacial score (nSPS) is 12.3. The average Bonchev–Trinajstić information content (AvgIpc) is 2.45. The molecule has 23 heavy (non-hydrogen) atoms. The van der Waals surface area contributed by atoms with Crippen LogP contribution in [-0.2, 0) is 20.5 Å². The number of hydrogen-bond donors (Lipinski definition) is 2. The minimum absolute atomic E-state index is 0.0345. The minimum atomic E-state index is -4.63. The van der Waals surface area contributed by atoms with Gasteiger partial charge in [0.1, 0.15) is 6.04 Å². The van der Waals surface area contributed by atoms with Crippen molar-refractivity contribution >= 4 is 17.8 Å². The standard InChI is InChI=1S/C14H14F3NO5/c1-2-23-11(19)7-10(13(21)22)18-12(20)8-4-3-5-9(6-8)14(15,16)17/h3-6,10H,2,7H2,1H3,(H,18,20)(H,21,22)/t10-/m1/s1. The number of carbonyl (C=O) groups excluding carboxylic acids is 2. The van der Waals surface area contributed by atoms with Crippen LogP contribution in [0.3, 0.4) is 0 Å². The SMILES string of the molecule is CCOC(=O)C[C@@H](NC(=O)c1cccc(C(F)(F)F)c1)C(=O)O. The third kappa shape index (κ3) is 5.61. The molecular weight excluding hydrogens is 319 g/mol. The Kier molecular flexibility index (Phi) is 6.11. The van der Waals surface area contributed by atoms with E-state index in [1.165, 1.54) is 6.92 Å². The smallest absolute Gasteiger partial charge is 0.416 e. The van der Waals surface area contributed by atoms with Crippen LogP contribution in [-0.4, -0.2) is 35.6 Å². The highest BCUT2D eigenvalue weighted by atomic mass is 19.4. The Morgan fingerprint density at radius 3 is 2.48 bits per heavy atom. The number of carbonyl (C=O) groups is 3. The molecule has 1 aromatic rings. The largest absolute Gasteiger partial charge is 0.480 e. The second-order valence-electron chi connectivity index (χ2n) is 4.45. The zero-order chi connectivity index (χ0) is 17.6. The van der Waals surface area contributed by atoms with Crippen LogP contribution in [0.25, 0.3) is 0 Å². The summed E-state index contributed by atoms with van der Waals surface area (Å²) in [6.07, 6.45) is -5.26. The lowest BCUT2D eigenvalue weighted by Crippen LogP contribution is -2.42. The number of halogens is 3. The van der Waals surface area contributed by atoms with Gasteiger partial charge in [-0.2, -0.15) is 13.2 Å². The third-order valence-corrected chi connectivity index (χ3v) is 2.73. The molecule has 1 atom stereocenters. The summed E-state index contributed by atoms with van der Waals surface area (Å²) in [6.45, 7) is 1.56. The summed E-state index contributed by atoms with van der Waals surface area (Å²) in [6, 6.07) is 1.91. The Morgan fingerprint density at radius 1 is 1.30 bits per heavy atom. The van der Waals surface area contributed by atoms with E-state index in [0.29, 0.717) is 6.07 Å². The van der Waals surface area contributed by atoms with Crippen molar-refractivity contribution in [2.75, 3.05) is 6.61 Å².